The number of phenolic OH excluding ortho intramolecular Hbond substituents is 1. The number of para-hydroxylation sites is 1. The number of furan rings is 1. The molecule has 1 aromatic carbocycles. The van der Waals surface area contributed by atoms with E-state index in [2.05, 4.69) is 0 Å². The second kappa shape index (κ2) is 3.46. The van der Waals surface area contributed by atoms with Gasteiger partial charge in [0.1, 0.15) is 0 Å². The summed E-state index contributed by atoms with van der Waals surface area (Å²) >= 11 is 0. The zero-order valence-corrected chi connectivity index (χ0v) is 7.73. The smallest absolute Gasteiger partial charge is 0.165 e. The van der Waals surface area contributed by atoms with E-state index in [0.29, 0.717) is 11.3 Å². The van der Waals surface area contributed by atoms with Crippen molar-refractivity contribution < 1.29 is 14.3 Å². The molecule has 0 saturated heterocycles. The lowest BCUT2D eigenvalue weighted by atomic mass is 10.1. The van der Waals surface area contributed by atoms with Crippen molar-refractivity contribution in [2.75, 3.05) is 7.11 Å². The Morgan fingerprint density at radius 3 is 2.79 bits per heavy atom. The van der Waals surface area contributed by atoms with Crippen LogP contribution in [0.4, 0.5) is 0 Å². The van der Waals surface area contributed by atoms with Gasteiger partial charge in [-0.2, -0.15) is 0 Å². The third-order valence-corrected chi connectivity index (χ3v) is 2.05. The maximum absolute atomic E-state index is 9.79. The van der Waals surface area contributed by atoms with Gasteiger partial charge >= 0.3 is 0 Å². The Hall–Kier alpha value is -1.90. The Bertz CT molecular complexity index is 418. The Kier molecular flexibility index (Phi) is 2.14. The normalized spacial score (nSPS) is 10.1. The number of aromatic hydroxyl groups is 1. The van der Waals surface area contributed by atoms with Crippen molar-refractivity contribution in [3.8, 4) is 22.6 Å². The molecule has 0 unspecified atom stereocenters. The first kappa shape index (κ1) is 8.69. The lowest BCUT2D eigenvalue weighted by Gasteiger charge is -2.06. The summed E-state index contributed by atoms with van der Waals surface area (Å²) in [6.07, 6.45) is 3.14. The third kappa shape index (κ3) is 1.33. The molecule has 1 aromatic heterocycles. The van der Waals surface area contributed by atoms with Gasteiger partial charge in [0.25, 0.3) is 0 Å². The molecular formula is C11H10O3. The largest absolute Gasteiger partial charge is 0.504 e. The summed E-state index contributed by atoms with van der Waals surface area (Å²) < 4.78 is 9.95. The quantitative estimate of drug-likeness (QED) is 0.791. The monoisotopic (exact) mass is 190 g/mol. The molecule has 0 fully saturated rings. The van der Waals surface area contributed by atoms with Crippen LogP contribution in [0.2, 0.25) is 0 Å². The molecule has 0 aliphatic rings. The highest BCUT2D eigenvalue weighted by atomic mass is 16.5. The third-order valence-electron chi connectivity index (χ3n) is 2.05. The van der Waals surface area contributed by atoms with Gasteiger partial charge in [0.15, 0.2) is 11.5 Å². The molecule has 1 heterocycles. The second-order valence-corrected chi connectivity index (χ2v) is 2.87. The van der Waals surface area contributed by atoms with Crippen molar-refractivity contribution in [1.29, 1.82) is 0 Å². The summed E-state index contributed by atoms with van der Waals surface area (Å²) in [6, 6.07) is 7.12. The van der Waals surface area contributed by atoms with Crippen molar-refractivity contribution in [3.05, 3.63) is 36.8 Å². The summed E-state index contributed by atoms with van der Waals surface area (Å²) in [6.45, 7) is 0. The fourth-order valence-electron chi connectivity index (χ4n) is 1.34. The lowest BCUT2D eigenvalue weighted by Crippen LogP contribution is -1.84. The molecule has 0 aliphatic carbocycles. The molecule has 3 nitrogen and oxygen atoms in total. The van der Waals surface area contributed by atoms with Gasteiger partial charge in [-0.15, -0.1) is 0 Å². The van der Waals surface area contributed by atoms with Crippen molar-refractivity contribution in [2.45, 2.75) is 0 Å². The van der Waals surface area contributed by atoms with Crippen LogP contribution in [-0.2, 0) is 0 Å². The first-order valence-electron chi connectivity index (χ1n) is 4.21. The number of ether oxygens (including phenoxy) is 1. The van der Waals surface area contributed by atoms with E-state index < -0.39 is 0 Å². The van der Waals surface area contributed by atoms with Crippen molar-refractivity contribution in [1.82, 2.24) is 0 Å². The number of methoxy groups -OCH3 is 1. The lowest BCUT2D eigenvalue weighted by molar-refractivity contribution is 0.374. The van der Waals surface area contributed by atoms with Crippen LogP contribution in [0.25, 0.3) is 11.1 Å². The molecule has 0 radical (unpaired) electrons. The molecule has 0 bridgehead atoms. The topological polar surface area (TPSA) is 42.6 Å². The van der Waals surface area contributed by atoms with Gasteiger partial charge in [0, 0.05) is 11.1 Å². The average molecular weight is 190 g/mol. The molecule has 0 amide bonds. The molecule has 0 spiro atoms. The number of hydrogen-bond acceptors (Lipinski definition) is 3. The Labute approximate surface area is 81.6 Å². The van der Waals surface area contributed by atoms with E-state index in [1.54, 1.807) is 24.7 Å². The number of hydrogen-bond donors (Lipinski definition) is 1. The van der Waals surface area contributed by atoms with Crippen LogP contribution in [0, 0.1) is 0 Å². The van der Waals surface area contributed by atoms with E-state index in [1.807, 2.05) is 12.1 Å². The van der Waals surface area contributed by atoms with Crippen molar-refractivity contribution in [3.63, 3.8) is 0 Å². The highest BCUT2D eigenvalue weighted by Crippen LogP contribution is 2.36. The van der Waals surface area contributed by atoms with E-state index in [-0.39, 0.29) is 5.75 Å². The van der Waals surface area contributed by atoms with Crippen LogP contribution in [-0.4, -0.2) is 12.2 Å². The summed E-state index contributed by atoms with van der Waals surface area (Å²) in [7, 11) is 1.52. The summed E-state index contributed by atoms with van der Waals surface area (Å²) in [4.78, 5) is 0. The maximum Gasteiger partial charge on any atom is 0.165 e. The van der Waals surface area contributed by atoms with Crippen LogP contribution in [0.15, 0.2) is 41.2 Å². The zero-order valence-electron chi connectivity index (χ0n) is 7.73. The highest BCUT2D eigenvalue weighted by molar-refractivity contribution is 5.72. The van der Waals surface area contributed by atoms with Crippen LogP contribution in [0.3, 0.4) is 0 Å². The number of benzene rings is 1. The van der Waals surface area contributed by atoms with Crippen LogP contribution in [0.1, 0.15) is 0 Å². The molecule has 1 N–H and O–H groups in total. The number of rotatable bonds is 2. The predicted octanol–water partition coefficient (Wildman–Crippen LogP) is 2.66. The van der Waals surface area contributed by atoms with E-state index in [9.17, 15) is 5.11 Å². The Balaban J connectivity index is 2.54. The molecular weight excluding hydrogens is 180 g/mol. The molecule has 0 atom stereocenters. The minimum atomic E-state index is 0.136. The Morgan fingerprint density at radius 2 is 2.14 bits per heavy atom. The van der Waals surface area contributed by atoms with Gasteiger partial charge in [0.05, 0.1) is 19.6 Å². The maximum atomic E-state index is 9.79. The molecule has 0 saturated carbocycles. The molecule has 72 valence electrons. The number of phenols is 1. The summed E-state index contributed by atoms with van der Waals surface area (Å²) in [5.74, 6) is 0.597. The van der Waals surface area contributed by atoms with Gasteiger partial charge in [-0.05, 0) is 12.1 Å². The van der Waals surface area contributed by atoms with Gasteiger partial charge in [-0.3, -0.25) is 0 Å². The minimum Gasteiger partial charge on any atom is -0.504 e. The highest BCUT2D eigenvalue weighted by Gasteiger charge is 2.09. The van der Waals surface area contributed by atoms with Gasteiger partial charge < -0.3 is 14.3 Å². The first-order chi connectivity index (χ1) is 6.83. The average Bonchev–Trinajstić information content (AvgIpc) is 2.71. The van der Waals surface area contributed by atoms with Gasteiger partial charge in [-0.25, -0.2) is 0 Å². The van der Waals surface area contributed by atoms with E-state index >= 15 is 0 Å². The zero-order chi connectivity index (χ0) is 9.97. The SMILES string of the molecule is COc1cccc(-c2ccoc2)c1O. The van der Waals surface area contributed by atoms with Crippen molar-refractivity contribution >= 4 is 0 Å². The van der Waals surface area contributed by atoms with Crippen LogP contribution < -0.4 is 4.74 Å². The minimum absolute atomic E-state index is 0.136. The van der Waals surface area contributed by atoms with E-state index in [0.717, 1.165) is 5.56 Å². The summed E-state index contributed by atoms with van der Waals surface area (Å²) in [5, 5.41) is 9.79. The molecule has 2 aromatic rings. The standard InChI is InChI=1S/C11H10O3/c1-13-10-4-2-3-9(11(10)12)8-5-6-14-7-8/h2-7,12H,1H3. The Morgan fingerprint density at radius 1 is 1.29 bits per heavy atom. The molecule has 14 heavy (non-hydrogen) atoms. The molecule has 0 aliphatic heterocycles. The summed E-state index contributed by atoms with van der Waals surface area (Å²) in [5.41, 5.74) is 1.54. The second-order valence-electron chi connectivity index (χ2n) is 2.87. The molecule has 3 heteroatoms. The van der Waals surface area contributed by atoms with Gasteiger partial charge in [0.2, 0.25) is 0 Å². The predicted molar refractivity (Wildman–Crippen MR) is 52.4 cm³/mol. The van der Waals surface area contributed by atoms with Crippen LogP contribution in [0.5, 0.6) is 11.5 Å². The van der Waals surface area contributed by atoms with Crippen molar-refractivity contribution in [2.24, 2.45) is 0 Å². The van der Waals surface area contributed by atoms with E-state index in [1.165, 1.54) is 7.11 Å². The fraction of sp³-hybridized carbons (Fsp3) is 0.0909. The van der Waals surface area contributed by atoms with E-state index in [4.69, 9.17) is 9.15 Å². The van der Waals surface area contributed by atoms with Crippen LogP contribution >= 0.6 is 0 Å². The molecule has 2 rings (SSSR count). The van der Waals surface area contributed by atoms with Gasteiger partial charge in [-0.1, -0.05) is 12.1 Å². The fourth-order valence-corrected chi connectivity index (χ4v) is 1.34. The first-order valence-corrected chi connectivity index (χ1v) is 4.21.